The average molecular weight is 321 g/mol. The van der Waals surface area contributed by atoms with Gasteiger partial charge in [-0.25, -0.2) is 4.39 Å². The van der Waals surface area contributed by atoms with Crippen LogP contribution < -0.4 is 4.90 Å². The average Bonchev–Trinajstić information content (AvgIpc) is 2.31. The predicted octanol–water partition coefficient (Wildman–Crippen LogP) is 2.11. The molecule has 8 heteroatoms. The molecule has 0 saturated carbocycles. The van der Waals surface area contributed by atoms with Gasteiger partial charge in [0.2, 0.25) is 0 Å². The summed E-state index contributed by atoms with van der Waals surface area (Å²) in [6.45, 7) is -0.210. The molecule has 0 spiro atoms. The smallest absolute Gasteiger partial charge is 0.325 e. The number of esters is 1. The fraction of sp³-hybridized carbons (Fsp3) is 0.300. The van der Waals surface area contributed by atoms with Crippen molar-refractivity contribution in [2.24, 2.45) is 0 Å². The highest BCUT2D eigenvalue weighted by Gasteiger charge is 2.21. The number of benzene rings is 1. The fourth-order valence-electron chi connectivity index (χ4n) is 1.32. The van der Waals surface area contributed by atoms with E-state index in [2.05, 4.69) is 20.7 Å². The van der Waals surface area contributed by atoms with Gasteiger partial charge in [0.15, 0.2) is 0 Å². The molecule has 0 aliphatic carbocycles. The van der Waals surface area contributed by atoms with Crippen LogP contribution in [0.4, 0.5) is 15.8 Å². The van der Waals surface area contributed by atoms with Gasteiger partial charge in [-0.15, -0.1) is 0 Å². The Morgan fingerprint density at radius 1 is 1.61 bits per heavy atom. The number of nitrogens with zero attached hydrogens (tertiary/aromatic N) is 2. The maximum atomic E-state index is 13.4. The number of likely N-dealkylation sites (N-methyl/N-ethyl adjacent to an activating group) is 1. The molecule has 98 valence electrons. The second-order valence-corrected chi connectivity index (χ2v) is 4.30. The SMILES string of the molecule is COC(=O)CN(C)c1cc(F)c(Br)cc1[N+](=O)[O-]. The largest absolute Gasteiger partial charge is 0.468 e. The van der Waals surface area contributed by atoms with Crippen molar-refractivity contribution in [1.29, 1.82) is 0 Å². The van der Waals surface area contributed by atoms with Crippen LogP contribution in [0.1, 0.15) is 0 Å². The highest BCUT2D eigenvalue weighted by atomic mass is 79.9. The lowest BCUT2D eigenvalue weighted by molar-refractivity contribution is -0.384. The molecular weight excluding hydrogens is 311 g/mol. The van der Waals surface area contributed by atoms with Gasteiger partial charge in [0, 0.05) is 19.2 Å². The number of carbonyl (C=O) groups is 1. The highest BCUT2D eigenvalue weighted by Crippen LogP contribution is 2.32. The van der Waals surface area contributed by atoms with Crippen LogP contribution in [0, 0.1) is 15.9 Å². The molecule has 0 atom stereocenters. The van der Waals surface area contributed by atoms with E-state index < -0.39 is 16.7 Å². The molecule has 18 heavy (non-hydrogen) atoms. The zero-order chi connectivity index (χ0) is 13.9. The number of rotatable bonds is 4. The molecule has 0 aliphatic heterocycles. The van der Waals surface area contributed by atoms with E-state index in [1.54, 1.807) is 0 Å². The summed E-state index contributed by atoms with van der Waals surface area (Å²) in [7, 11) is 2.64. The lowest BCUT2D eigenvalue weighted by Crippen LogP contribution is -2.27. The number of halogens is 2. The van der Waals surface area contributed by atoms with Gasteiger partial charge in [0.1, 0.15) is 18.0 Å². The molecule has 0 fully saturated rings. The molecule has 0 aromatic heterocycles. The zero-order valence-electron chi connectivity index (χ0n) is 9.65. The van der Waals surface area contributed by atoms with E-state index in [4.69, 9.17) is 0 Å². The maximum Gasteiger partial charge on any atom is 0.325 e. The second-order valence-electron chi connectivity index (χ2n) is 3.44. The van der Waals surface area contributed by atoms with Gasteiger partial charge in [-0.05, 0) is 15.9 Å². The van der Waals surface area contributed by atoms with Crippen molar-refractivity contribution >= 4 is 33.3 Å². The van der Waals surface area contributed by atoms with Crippen molar-refractivity contribution in [2.75, 3.05) is 25.6 Å². The van der Waals surface area contributed by atoms with Crippen molar-refractivity contribution in [3.05, 3.63) is 32.5 Å². The summed E-state index contributed by atoms with van der Waals surface area (Å²) in [5, 5.41) is 10.9. The summed E-state index contributed by atoms with van der Waals surface area (Å²) in [5.41, 5.74) is -0.291. The van der Waals surface area contributed by atoms with E-state index >= 15 is 0 Å². The first-order valence-corrected chi connectivity index (χ1v) is 5.57. The topological polar surface area (TPSA) is 72.7 Å². The summed E-state index contributed by atoms with van der Waals surface area (Å²) in [4.78, 5) is 22.6. The second kappa shape index (κ2) is 5.76. The molecule has 0 N–H and O–H groups in total. The van der Waals surface area contributed by atoms with Crippen molar-refractivity contribution in [3.8, 4) is 0 Å². The van der Waals surface area contributed by atoms with Crippen molar-refractivity contribution in [3.63, 3.8) is 0 Å². The van der Waals surface area contributed by atoms with Crippen LogP contribution in [0.3, 0.4) is 0 Å². The summed E-state index contributed by atoms with van der Waals surface area (Å²) in [5.74, 6) is -1.22. The Balaban J connectivity index is 3.17. The van der Waals surface area contributed by atoms with Gasteiger partial charge < -0.3 is 9.64 Å². The van der Waals surface area contributed by atoms with Crippen LogP contribution in [-0.4, -0.2) is 31.6 Å². The van der Waals surface area contributed by atoms with Crippen LogP contribution in [0.5, 0.6) is 0 Å². The highest BCUT2D eigenvalue weighted by molar-refractivity contribution is 9.10. The summed E-state index contributed by atoms with van der Waals surface area (Å²) in [6.07, 6.45) is 0. The minimum absolute atomic E-state index is 0.00565. The Morgan fingerprint density at radius 2 is 2.22 bits per heavy atom. The molecule has 0 unspecified atom stereocenters. The number of anilines is 1. The number of nitro benzene ring substituents is 1. The molecule has 0 heterocycles. The quantitative estimate of drug-likeness (QED) is 0.482. The van der Waals surface area contributed by atoms with Gasteiger partial charge in [0.25, 0.3) is 5.69 Å². The van der Waals surface area contributed by atoms with Gasteiger partial charge in [-0.1, -0.05) is 0 Å². The molecule has 0 bridgehead atoms. The van der Waals surface area contributed by atoms with Crippen molar-refractivity contribution in [2.45, 2.75) is 0 Å². The van der Waals surface area contributed by atoms with Gasteiger partial charge in [0.05, 0.1) is 16.5 Å². The summed E-state index contributed by atoms with van der Waals surface area (Å²) < 4.78 is 17.8. The van der Waals surface area contributed by atoms with Crippen LogP contribution in [0.25, 0.3) is 0 Å². The third kappa shape index (κ3) is 3.16. The standard InChI is InChI=1S/C10H10BrFN2O4/c1-13(5-10(15)18-2)8-4-7(12)6(11)3-9(8)14(16)17/h3-4H,5H2,1-2H3. The lowest BCUT2D eigenvalue weighted by atomic mass is 10.2. The Kier molecular flexibility index (Phi) is 4.60. The Bertz CT molecular complexity index is 495. The van der Waals surface area contributed by atoms with Gasteiger partial charge in [-0.2, -0.15) is 0 Å². The number of nitro groups is 1. The maximum absolute atomic E-state index is 13.4. The molecule has 1 aromatic rings. The molecular formula is C10H10BrFN2O4. The van der Waals surface area contributed by atoms with Crippen LogP contribution in [0.2, 0.25) is 0 Å². The van der Waals surface area contributed by atoms with E-state index in [0.717, 1.165) is 12.1 Å². The summed E-state index contributed by atoms with van der Waals surface area (Å²) in [6, 6.07) is 2.05. The molecule has 6 nitrogen and oxygen atoms in total. The first-order valence-electron chi connectivity index (χ1n) is 4.78. The van der Waals surface area contributed by atoms with E-state index in [0.29, 0.717) is 0 Å². The number of carbonyl (C=O) groups excluding carboxylic acids is 1. The molecule has 1 rings (SSSR count). The monoisotopic (exact) mass is 320 g/mol. The minimum atomic E-state index is -0.646. The van der Waals surface area contributed by atoms with Crippen molar-refractivity contribution < 1.29 is 18.8 Å². The first-order chi connectivity index (χ1) is 8.36. The van der Waals surface area contributed by atoms with E-state index in [9.17, 15) is 19.3 Å². The normalized spacial score (nSPS) is 10.0. The van der Waals surface area contributed by atoms with E-state index in [1.165, 1.54) is 19.1 Å². The van der Waals surface area contributed by atoms with Gasteiger partial charge in [-0.3, -0.25) is 14.9 Å². The lowest BCUT2D eigenvalue weighted by Gasteiger charge is -2.17. The third-order valence-corrected chi connectivity index (χ3v) is 2.83. The Morgan fingerprint density at radius 3 is 2.72 bits per heavy atom. The van der Waals surface area contributed by atoms with Gasteiger partial charge >= 0.3 is 5.97 Å². The number of ether oxygens (including phenoxy) is 1. The first kappa shape index (κ1) is 14.4. The molecule has 0 aliphatic rings. The minimum Gasteiger partial charge on any atom is -0.468 e. The number of methoxy groups -OCH3 is 1. The third-order valence-electron chi connectivity index (χ3n) is 2.22. The fourth-order valence-corrected chi connectivity index (χ4v) is 1.65. The molecule has 0 saturated heterocycles. The van der Waals surface area contributed by atoms with Crippen molar-refractivity contribution in [1.82, 2.24) is 0 Å². The molecule has 0 amide bonds. The van der Waals surface area contributed by atoms with E-state index in [1.807, 2.05) is 0 Å². The van der Waals surface area contributed by atoms with Crippen LogP contribution in [-0.2, 0) is 9.53 Å². The Labute approximate surface area is 111 Å². The zero-order valence-corrected chi connectivity index (χ0v) is 11.2. The van der Waals surface area contributed by atoms with Crippen LogP contribution in [0.15, 0.2) is 16.6 Å². The number of hydrogen-bond acceptors (Lipinski definition) is 5. The molecule has 1 aromatic carbocycles. The molecule has 0 radical (unpaired) electrons. The van der Waals surface area contributed by atoms with Crippen LogP contribution >= 0.6 is 15.9 Å². The summed E-state index contributed by atoms with van der Waals surface area (Å²) >= 11 is 2.87. The number of hydrogen-bond donors (Lipinski definition) is 0. The predicted molar refractivity (Wildman–Crippen MR) is 66.0 cm³/mol. The van der Waals surface area contributed by atoms with E-state index in [-0.39, 0.29) is 22.4 Å². The Hall–Kier alpha value is -1.70.